The molecule has 0 bridgehead atoms. The van der Waals surface area contributed by atoms with E-state index in [9.17, 15) is 0 Å². The van der Waals surface area contributed by atoms with Gasteiger partial charge < -0.3 is 9.47 Å². The minimum absolute atomic E-state index is 0.166. The van der Waals surface area contributed by atoms with Crippen LogP contribution in [0.25, 0.3) is 0 Å². The van der Waals surface area contributed by atoms with E-state index in [4.69, 9.17) is 9.47 Å². The summed E-state index contributed by atoms with van der Waals surface area (Å²) in [6.45, 7) is 14.2. The van der Waals surface area contributed by atoms with Gasteiger partial charge >= 0.3 is 0 Å². The molecule has 0 spiro atoms. The molecule has 2 atom stereocenters. The Labute approximate surface area is 101 Å². The van der Waals surface area contributed by atoms with E-state index in [2.05, 4.69) is 42.9 Å². The highest BCUT2D eigenvalue weighted by atomic mass is 79.9. The third-order valence-corrected chi connectivity index (χ3v) is 3.47. The molecule has 88 valence electrons. The van der Waals surface area contributed by atoms with E-state index >= 15 is 0 Å². The van der Waals surface area contributed by atoms with Gasteiger partial charge in [-0.1, -0.05) is 41.9 Å². The Hall–Kier alpha value is -0.120. The van der Waals surface area contributed by atoms with Gasteiger partial charge in [-0.05, 0) is 12.8 Å². The van der Waals surface area contributed by atoms with Crippen molar-refractivity contribution in [3.05, 3.63) is 25.3 Å². The lowest BCUT2D eigenvalue weighted by Gasteiger charge is -2.27. The Morgan fingerprint density at radius 1 is 1.27 bits per heavy atom. The lowest BCUT2D eigenvalue weighted by Crippen LogP contribution is -2.33. The third-order valence-electron chi connectivity index (χ3n) is 1.98. The van der Waals surface area contributed by atoms with Crippen molar-refractivity contribution in [3.63, 3.8) is 0 Å². The normalized spacial score (nSPS) is 15.3. The van der Waals surface area contributed by atoms with Crippen molar-refractivity contribution < 1.29 is 9.47 Å². The molecule has 2 unspecified atom stereocenters. The first-order valence-electron chi connectivity index (χ1n) is 5.23. The molecule has 0 aromatic heterocycles. The molecule has 0 aliphatic heterocycles. The smallest absolute Gasteiger partial charge is 0.171 e. The highest BCUT2D eigenvalue weighted by molar-refractivity contribution is 9.09. The van der Waals surface area contributed by atoms with Crippen LogP contribution in [0.5, 0.6) is 0 Å². The first kappa shape index (κ1) is 14.9. The topological polar surface area (TPSA) is 18.5 Å². The molecule has 2 nitrogen and oxygen atoms in total. The summed E-state index contributed by atoms with van der Waals surface area (Å²) in [6.07, 6.45) is 2.98. The molecule has 15 heavy (non-hydrogen) atoms. The monoisotopic (exact) mass is 276 g/mol. The van der Waals surface area contributed by atoms with E-state index in [0.717, 1.165) is 0 Å². The Kier molecular flexibility index (Phi) is 8.02. The zero-order chi connectivity index (χ0) is 11.8. The van der Waals surface area contributed by atoms with Gasteiger partial charge in [0.1, 0.15) is 0 Å². The lowest BCUT2D eigenvalue weighted by molar-refractivity contribution is -0.150. The van der Waals surface area contributed by atoms with Crippen molar-refractivity contribution >= 4 is 15.9 Å². The summed E-state index contributed by atoms with van der Waals surface area (Å²) < 4.78 is 11.2. The molecule has 0 aliphatic carbocycles. The van der Waals surface area contributed by atoms with Crippen LogP contribution in [0.1, 0.15) is 20.8 Å². The van der Waals surface area contributed by atoms with Gasteiger partial charge in [0.2, 0.25) is 0 Å². The Morgan fingerprint density at radius 3 is 2.13 bits per heavy atom. The molecule has 0 N–H and O–H groups in total. The molecule has 0 aromatic rings. The highest BCUT2D eigenvalue weighted by Crippen LogP contribution is 2.21. The predicted molar refractivity (Wildman–Crippen MR) is 68.2 cm³/mol. The van der Waals surface area contributed by atoms with Crippen LogP contribution in [0.2, 0.25) is 0 Å². The average Bonchev–Trinajstić information content (AvgIpc) is 2.23. The zero-order valence-electron chi connectivity index (χ0n) is 9.78. The Balaban J connectivity index is 4.37. The third kappa shape index (κ3) is 5.50. The van der Waals surface area contributed by atoms with Gasteiger partial charge in [-0.2, -0.15) is 0 Å². The maximum atomic E-state index is 5.71. The van der Waals surface area contributed by atoms with Crippen molar-refractivity contribution in [1.82, 2.24) is 0 Å². The largest absolute Gasteiger partial charge is 0.352 e. The number of hydrogen-bond acceptors (Lipinski definition) is 2. The molecular weight excluding hydrogens is 256 g/mol. The van der Waals surface area contributed by atoms with Gasteiger partial charge in [-0.3, -0.25) is 0 Å². The van der Waals surface area contributed by atoms with Gasteiger partial charge in [0.05, 0.1) is 10.9 Å². The predicted octanol–water partition coefficient (Wildman–Crippen LogP) is 3.53. The maximum Gasteiger partial charge on any atom is 0.171 e. The van der Waals surface area contributed by atoms with Crippen molar-refractivity contribution in [2.75, 3.05) is 6.61 Å². The number of alkyl halides is 1. The Morgan fingerprint density at radius 2 is 1.80 bits per heavy atom. The quantitative estimate of drug-likeness (QED) is 0.384. The first-order valence-corrected chi connectivity index (χ1v) is 6.14. The second kappa shape index (κ2) is 8.08. The molecule has 0 amide bonds. The van der Waals surface area contributed by atoms with Crippen LogP contribution in [0, 0.1) is 5.92 Å². The van der Waals surface area contributed by atoms with Gasteiger partial charge in [0.25, 0.3) is 0 Å². The van der Waals surface area contributed by atoms with Crippen LogP contribution in [0.3, 0.4) is 0 Å². The maximum absolute atomic E-state index is 5.71. The number of ether oxygens (including phenoxy) is 2. The molecule has 0 saturated carbocycles. The summed E-state index contributed by atoms with van der Waals surface area (Å²) >= 11 is 3.58. The van der Waals surface area contributed by atoms with Crippen LogP contribution in [-0.4, -0.2) is 23.8 Å². The SMILES string of the molecule is C=CC(C=C)OC(OCC)C(Br)C(C)C. The van der Waals surface area contributed by atoms with Gasteiger partial charge in [0, 0.05) is 6.61 Å². The molecule has 3 heteroatoms. The van der Waals surface area contributed by atoms with Gasteiger partial charge in [-0.15, -0.1) is 13.2 Å². The van der Waals surface area contributed by atoms with Crippen LogP contribution in [0.15, 0.2) is 25.3 Å². The van der Waals surface area contributed by atoms with E-state index in [1.54, 1.807) is 12.2 Å². The van der Waals surface area contributed by atoms with Gasteiger partial charge in [-0.25, -0.2) is 0 Å². The van der Waals surface area contributed by atoms with Crippen molar-refractivity contribution in [2.45, 2.75) is 38.0 Å². The zero-order valence-corrected chi connectivity index (χ0v) is 11.4. The molecule has 0 aromatic carbocycles. The van der Waals surface area contributed by atoms with Crippen LogP contribution in [0.4, 0.5) is 0 Å². The van der Waals surface area contributed by atoms with E-state index in [1.165, 1.54) is 0 Å². The van der Waals surface area contributed by atoms with Crippen molar-refractivity contribution in [3.8, 4) is 0 Å². The summed E-state index contributed by atoms with van der Waals surface area (Å²) in [7, 11) is 0. The van der Waals surface area contributed by atoms with Gasteiger partial charge in [0.15, 0.2) is 6.29 Å². The second-order valence-electron chi connectivity index (χ2n) is 3.58. The van der Waals surface area contributed by atoms with Crippen LogP contribution < -0.4 is 0 Å². The van der Waals surface area contributed by atoms with Crippen LogP contribution >= 0.6 is 15.9 Å². The van der Waals surface area contributed by atoms with Crippen molar-refractivity contribution in [1.29, 1.82) is 0 Å². The molecule has 0 radical (unpaired) electrons. The molecular formula is C12H21BrO2. The van der Waals surface area contributed by atoms with E-state index < -0.39 is 0 Å². The molecule has 0 saturated heterocycles. The lowest BCUT2D eigenvalue weighted by atomic mass is 10.1. The molecule has 0 heterocycles. The summed E-state index contributed by atoms with van der Waals surface area (Å²) in [5, 5.41) is 0. The highest BCUT2D eigenvalue weighted by Gasteiger charge is 2.24. The Bertz CT molecular complexity index is 184. The standard InChI is InChI=1S/C12H21BrO2/c1-6-10(7-2)15-12(14-8-3)11(13)9(4)5/h6-7,9-12H,1-2,8H2,3-5H3. The first-order chi connectivity index (χ1) is 7.06. The minimum Gasteiger partial charge on any atom is -0.352 e. The minimum atomic E-state index is -0.268. The van der Waals surface area contributed by atoms with E-state index in [0.29, 0.717) is 12.5 Å². The molecule has 0 fully saturated rings. The molecule has 0 aliphatic rings. The second-order valence-corrected chi connectivity index (χ2v) is 4.64. The van der Waals surface area contributed by atoms with E-state index in [1.807, 2.05) is 6.92 Å². The number of rotatable bonds is 8. The fourth-order valence-corrected chi connectivity index (χ4v) is 1.32. The summed E-state index contributed by atoms with van der Waals surface area (Å²) in [5.74, 6) is 0.442. The summed E-state index contributed by atoms with van der Waals surface area (Å²) in [4.78, 5) is 0.167. The van der Waals surface area contributed by atoms with Crippen LogP contribution in [-0.2, 0) is 9.47 Å². The summed E-state index contributed by atoms with van der Waals surface area (Å²) in [6, 6.07) is 0. The van der Waals surface area contributed by atoms with Crippen molar-refractivity contribution in [2.24, 2.45) is 5.92 Å². The molecule has 0 rings (SSSR count). The summed E-state index contributed by atoms with van der Waals surface area (Å²) in [5.41, 5.74) is 0. The number of hydrogen-bond donors (Lipinski definition) is 0. The fraction of sp³-hybridized carbons (Fsp3) is 0.667. The fourth-order valence-electron chi connectivity index (χ4n) is 1.05. The van der Waals surface area contributed by atoms with E-state index in [-0.39, 0.29) is 17.2 Å². The average molecular weight is 277 g/mol. The number of halogens is 1.